The molecule has 0 unspecified atom stereocenters. The van der Waals surface area contributed by atoms with Gasteiger partial charge in [0.1, 0.15) is 5.76 Å². The van der Waals surface area contributed by atoms with E-state index < -0.39 is 0 Å². The predicted molar refractivity (Wildman–Crippen MR) is 75.9 cm³/mol. The van der Waals surface area contributed by atoms with Gasteiger partial charge in [-0.2, -0.15) is 0 Å². The highest BCUT2D eigenvalue weighted by molar-refractivity contribution is 9.10. The fourth-order valence-electron chi connectivity index (χ4n) is 1.58. The lowest BCUT2D eigenvalue weighted by atomic mass is 10.3. The molecule has 0 aliphatic heterocycles. The largest absolute Gasteiger partial charge is 0.467 e. The Morgan fingerprint density at radius 2 is 2.39 bits per heavy atom. The van der Waals surface area contributed by atoms with Crippen LogP contribution in [-0.4, -0.2) is 5.91 Å². The Morgan fingerprint density at radius 1 is 1.56 bits per heavy atom. The smallest absolute Gasteiger partial charge is 0.261 e. The van der Waals surface area contributed by atoms with Crippen molar-refractivity contribution >= 4 is 33.2 Å². The predicted octanol–water partition coefficient (Wildman–Crippen LogP) is 3.99. The molecule has 2 aromatic rings. The van der Waals surface area contributed by atoms with Crippen LogP contribution in [0.2, 0.25) is 0 Å². The van der Waals surface area contributed by atoms with Crippen LogP contribution in [0.5, 0.6) is 0 Å². The Bertz CT molecular complexity index is 519. The molecule has 2 aromatic heterocycles. The van der Waals surface area contributed by atoms with Crippen LogP contribution < -0.4 is 5.32 Å². The second-order valence-corrected chi connectivity index (χ2v) is 5.88. The van der Waals surface area contributed by atoms with Gasteiger partial charge in [-0.05, 0) is 40.5 Å². The topological polar surface area (TPSA) is 42.2 Å². The van der Waals surface area contributed by atoms with Crippen LogP contribution >= 0.6 is 27.3 Å². The number of nitrogens with one attached hydrogen (secondary N) is 1. The molecule has 18 heavy (non-hydrogen) atoms. The van der Waals surface area contributed by atoms with Crippen molar-refractivity contribution in [2.75, 3.05) is 0 Å². The molecule has 0 aliphatic carbocycles. The third-order valence-corrected chi connectivity index (χ3v) is 4.63. The molecule has 0 bridgehead atoms. The van der Waals surface area contributed by atoms with E-state index in [9.17, 15) is 4.79 Å². The van der Waals surface area contributed by atoms with Crippen molar-refractivity contribution in [1.29, 1.82) is 0 Å². The fraction of sp³-hybridized carbons (Fsp3) is 0.308. The van der Waals surface area contributed by atoms with E-state index >= 15 is 0 Å². The summed E-state index contributed by atoms with van der Waals surface area (Å²) < 4.78 is 6.19. The second kappa shape index (κ2) is 6.20. The van der Waals surface area contributed by atoms with Crippen LogP contribution in [0.25, 0.3) is 0 Å². The number of amides is 1. The Kier molecular flexibility index (Phi) is 4.60. The highest BCUT2D eigenvalue weighted by Gasteiger charge is 2.12. The number of rotatable bonds is 5. The van der Waals surface area contributed by atoms with E-state index in [0.29, 0.717) is 6.54 Å². The molecule has 0 aromatic carbocycles. The van der Waals surface area contributed by atoms with Crippen LogP contribution in [0, 0.1) is 0 Å². The molecule has 2 heterocycles. The molecule has 3 nitrogen and oxygen atoms in total. The minimum Gasteiger partial charge on any atom is -0.467 e. The first-order valence-corrected chi connectivity index (χ1v) is 7.40. The molecule has 0 spiro atoms. The summed E-state index contributed by atoms with van der Waals surface area (Å²) in [5.74, 6) is 0.701. The van der Waals surface area contributed by atoms with E-state index in [-0.39, 0.29) is 5.91 Å². The zero-order valence-corrected chi connectivity index (χ0v) is 12.4. The molecule has 0 radical (unpaired) electrons. The molecule has 0 fully saturated rings. The summed E-state index contributed by atoms with van der Waals surface area (Å²) in [7, 11) is 0. The zero-order valence-electron chi connectivity index (χ0n) is 10.0. The molecular weight excluding hydrogens is 314 g/mol. The summed E-state index contributed by atoms with van der Waals surface area (Å²) in [5, 5.41) is 2.84. The highest BCUT2D eigenvalue weighted by Crippen LogP contribution is 2.28. The number of carbonyl (C=O) groups excluding carboxylic acids is 1. The summed E-state index contributed by atoms with van der Waals surface area (Å²) >= 11 is 5.03. The van der Waals surface area contributed by atoms with Gasteiger partial charge in [-0.15, -0.1) is 11.3 Å². The van der Waals surface area contributed by atoms with Crippen molar-refractivity contribution in [2.45, 2.75) is 26.3 Å². The van der Waals surface area contributed by atoms with Gasteiger partial charge in [0.15, 0.2) is 0 Å². The summed E-state index contributed by atoms with van der Waals surface area (Å²) in [6.07, 6.45) is 3.67. The van der Waals surface area contributed by atoms with E-state index in [4.69, 9.17) is 4.42 Å². The minimum absolute atomic E-state index is 0.0561. The summed E-state index contributed by atoms with van der Waals surface area (Å²) in [4.78, 5) is 13.9. The van der Waals surface area contributed by atoms with E-state index in [0.717, 1.165) is 28.0 Å². The van der Waals surface area contributed by atoms with Crippen molar-refractivity contribution in [2.24, 2.45) is 0 Å². The van der Waals surface area contributed by atoms with Crippen molar-refractivity contribution < 1.29 is 9.21 Å². The van der Waals surface area contributed by atoms with E-state index in [1.807, 2.05) is 18.2 Å². The average Bonchev–Trinajstić information content (AvgIpc) is 2.97. The number of aryl methyl sites for hydroxylation is 1. The van der Waals surface area contributed by atoms with Crippen LogP contribution in [0.4, 0.5) is 0 Å². The van der Waals surface area contributed by atoms with Gasteiger partial charge in [0.2, 0.25) is 0 Å². The first-order valence-electron chi connectivity index (χ1n) is 5.79. The first-order chi connectivity index (χ1) is 8.70. The minimum atomic E-state index is -0.0561. The SMILES string of the molecule is CCCc1sc(C(=O)NCc2ccco2)cc1Br. The van der Waals surface area contributed by atoms with E-state index in [2.05, 4.69) is 28.2 Å². The Balaban J connectivity index is 1.98. The molecule has 0 atom stereocenters. The normalized spacial score (nSPS) is 10.6. The van der Waals surface area contributed by atoms with E-state index in [1.54, 1.807) is 6.26 Å². The number of hydrogen-bond donors (Lipinski definition) is 1. The molecule has 5 heteroatoms. The molecule has 96 valence electrons. The standard InChI is InChI=1S/C13H14BrNO2S/c1-2-4-11-10(14)7-12(18-11)13(16)15-8-9-5-3-6-17-9/h3,5-7H,2,4,8H2,1H3,(H,15,16). The van der Waals surface area contributed by atoms with Gasteiger partial charge in [-0.1, -0.05) is 13.3 Å². The van der Waals surface area contributed by atoms with Gasteiger partial charge in [0, 0.05) is 9.35 Å². The number of halogens is 1. The first kappa shape index (κ1) is 13.4. The van der Waals surface area contributed by atoms with Gasteiger partial charge < -0.3 is 9.73 Å². The molecule has 0 saturated heterocycles. The van der Waals surface area contributed by atoms with E-state index in [1.165, 1.54) is 16.2 Å². The van der Waals surface area contributed by atoms with Gasteiger partial charge in [-0.25, -0.2) is 0 Å². The van der Waals surface area contributed by atoms with Crippen LogP contribution in [-0.2, 0) is 13.0 Å². The molecule has 2 rings (SSSR count). The maximum absolute atomic E-state index is 11.9. The Labute approximate surface area is 118 Å². The molecule has 1 N–H and O–H groups in total. The maximum atomic E-state index is 11.9. The lowest BCUT2D eigenvalue weighted by Crippen LogP contribution is -2.21. The van der Waals surface area contributed by atoms with Crippen molar-refractivity contribution in [1.82, 2.24) is 5.32 Å². The Hall–Kier alpha value is -1.07. The third kappa shape index (κ3) is 3.23. The van der Waals surface area contributed by atoms with Crippen LogP contribution in [0.3, 0.4) is 0 Å². The van der Waals surface area contributed by atoms with Crippen molar-refractivity contribution in [3.63, 3.8) is 0 Å². The summed E-state index contributed by atoms with van der Waals surface area (Å²) in [6.45, 7) is 2.55. The number of hydrogen-bond acceptors (Lipinski definition) is 3. The number of thiophene rings is 1. The quantitative estimate of drug-likeness (QED) is 0.902. The highest BCUT2D eigenvalue weighted by atomic mass is 79.9. The van der Waals surface area contributed by atoms with Gasteiger partial charge in [0.05, 0.1) is 17.7 Å². The van der Waals surface area contributed by atoms with Crippen molar-refractivity contribution in [3.05, 3.63) is 44.4 Å². The lowest BCUT2D eigenvalue weighted by Gasteiger charge is -2.00. The number of carbonyl (C=O) groups is 1. The van der Waals surface area contributed by atoms with Crippen molar-refractivity contribution in [3.8, 4) is 0 Å². The lowest BCUT2D eigenvalue weighted by molar-refractivity contribution is 0.0952. The fourth-order valence-corrected chi connectivity index (χ4v) is 3.47. The van der Waals surface area contributed by atoms with Crippen LogP contribution in [0.1, 0.15) is 33.7 Å². The van der Waals surface area contributed by atoms with Gasteiger partial charge in [-0.3, -0.25) is 4.79 Å². The molecular formula is C13H14BrNO2S. The van der Waals surface area contributed by atoms with Gasteiger partial charge >= 0.3 is 0 Å². The number of furan rings is 1. The molecule has 0 aliphatic rings. The third-order valence-electron chi connectivity index (χ3n) is 2.46. The maximum Gasteiger partial charge on any atom is 0.261 e. The monoisotopic (exact) mass is 327 g/mol. The van der Waals surface area contributed by atoms with Crippen LogP contribution in [0.15, 0.2) is 33.4 Å². The average molecular weight is 328 g/mol. The van der Waals surface area contributed by atoms with Gasteiger partial charge in [0.25, 0.3) is 5.91 Å². The molecule has 1 amide bonds. The molecule has 0 saturated carbocycles. The Morgan fingerprint density at radius 3 is 3.06 bits per heavy atom. The summed E-state index contributed by atoms with van der Waals surface area (Å²) in [6, 6.07) is 5.53. The summed E-state index contributed by atoms with van der Waals surface area (Å²) in [5.41, 5.74) is 0. The second-order valence-electron chi connectivity index (χ2n) is 3.89. The zero-order chi connectivity index (χ0) is 13.0.